The maximum absolute atomic E-state index is 12.3. The number of aromatic nitrogens is 1. The first-order valence-electron chi connectivity index (χ1n) is 7.16. The molecule has 3 rings (SSSR count). The van der Waals surface area contributed by atoms with Gasteiger partial charge in [-0.15, -0.1) is 0 Å². The first kappa shape index (κ1) is 12.4. The van der Waals surface area contributed by atoms with Gasteiger partial charge in [0.15, 0.2) is 0 Å². The van der Waals surface area contributed by atoms with Gasteiger partial charge in [0, 0.05) is 30.7 Å². The average Bonchev–Trinajstić information content (AvgIpc) is 2.95. The predicted molar refractivity (Wildman–Crippen MR) is 78.5 cm³/mol. The molecule has 2 aromatic rings. The summed E-state index contributed by atoms with van der Waals surface area (Å²) < 4.78 is 1.81. The van der Waals surface area contributed by atoms with Gasteiger partial charge in [0.1, 0.15) is 0 Å². The van der Waals surface area contributed by atoms with Crippen LogP contribution in [0.1, 0.15) is 25.7 Å². The second-order valence-electron chi connectivity index (χ2n) is 5.34. The third-order valence-corrected chi connectivity index (χ3v) is 4.03. The average molecular weight is 256 g/mol. The number of pyridine rings is 1. The van der Waals surface area contributed by atoms with Crippen molar-refractivity contribution in [3.63, 3.8) is 0 Å². The molecule has 0 aliphatic heterocycles. The van der Waals surface area contributed by atoms with Crippen LogP contribution < -0.4 is 10.9 Å². The molecule has 1 heterocycles. The van der Waals surface area contributed by atoms with Crippen molar-refractivity contribution in [2.45, 2.75) is 38.3 Å². The highest BCUT2D eigenvalue weighted by atomic mass is 16.1. The lowest BCUT2D eigenvalue weighted by molar-refractivity contribution is 0.493. The van der Waals surface area contributed by atoms with Crippen LogP contribution in [-0.4, -0.2) is 17.2 Å². The summed E-state index contributed by atoms with van der Waals surface area (Å²) in [6.07, 6.45) is 7.15. The smallest absolute Gasteiger partial charge is 0.258 e. The van der Waals surface area contributed by atoms with Gasteiger partial charge in [-0.1, -0.05) is 31.0 Å². The highest BCUT2D eigenvalue weighted by Gasteiger charge is 2.13. The van der Waals surface area contributed by atoms with Gasteiger partial charge in [0.25, 0.3) is 5.56 Å². The molecule has 0 amide bonds. The van der Waals surface area contributed by atoms with Gasteiger partial charge < -0.3 is 9.88 Å². The van der Waals surface area contributed by atoms with Crippen molar-refractivity contribution in [2.75, 3.05) is 6.54 Å². The van der Waals surface area contributed by atoms with Gasteiger partial charge in [-0.25, -0.2) is 0 Å². The third-order valence-electron chi connectivity index (χ3n) is 4.03. The maximum atomic E-state index is 12.3. The van der Waals surface area contributed by atoms with E-state index in [0.29, 0.717) is 6.04 Å². The lowest BCUT2D eigenvalue weighted by atomic mass is 10.2. The molecule has 1 aromatic carbocycles. The standard InChI is InChI=1S/C16H20N2O/c19-16-15-8-4-1-5-13(15)9-11-18(16)12-10-17-14-6-2-3-7-14/h1,4-5,8-9,11,14,17H,2-3,6-7,10,12H2. The van der Waals surface area contributed by atoms with E-state index in [4.69, 9.17) is 0 Å². The molecule has 100 valence electrons. The first-order chi connectivity index (χ1) is 9.34. The van der Waals surface area contributed by atoms with Crippen LogP contribution in [0.4, 0.5) is 0 Å². The Morgan fingerprint density at radius 3 is 2.79 bits per heavy atom. The Kier molecular flexibility index (Phi) is 3.65. The van der Waals surface area contributed by atoms with E-state index in [9.17, 15) is 4.79 Å². The van der Waals surface area contributed by atoms with Crippen molar-refractivity contribution in [2.24, 2.45) is 0 Å². The Morgan fingerprint density at radius 2 is 1.95 bits per heavy atom. The zero-order chi connectivity index (χ0) is 13.1. The fraction of sp³-hybridized carbons (Fsp3) is 0.438. The van der Waals surface area contributed by atoms with Crippen LogP contribution >= 0.6 is 0 Å². The van der Waals surface area contributed by atoms with Gasteiger partial charge in [0.2, 0.25) is 0 Å². The number of nitrogens with one attached hydrogen (secondary N) is 1. The Bertz CT molecular complexity index is 611. The van der Waals surface area contributed by atoms with Gasteiger partial charge in [-0.2, -0.15) is 0 Å². The summed E-state index contributed by atoms with van der Waals surface area (Å²) in [7, 11) is 0. The summed E-state index contributed by atoms with van der Waals surface area (Å²) in [6, 6.07) is 10.5. The van der Waals surface area contributed by atoms with Crippen LogP contribution in [0.15, 0.2) is 41.3 Å². The van der Waals surface area contributed by atoms with Crippen LogP contribution in [0.2, 0.25) is 0 Å². The van der Waals surface area contributed by atoms with E-state index in [-0.39, 0.29) is 5.56 Å². The number of benzene rings is 1. The minimum atomic E-state index is 0.117. The molecule has 1 fully saturated rings. The van der Waals surface area contributed by atoms with Crippen LogP contribution in [-0.2, 0) is 6.54 Å². The van der Waals surface area contributed by atoms with Gasteiger partial charge >= 0.3 is 0 Å². The SMILES string of the molecule is O=c1c2ccccc2ccn1CCNC1CCCC1. The fourth-order valence-electron chi connectivity index (χ4n) is 2.92. The highest BCUT2D eigenvalue weighted by molar-refractivity contribution is 5.81. The minimum absolute atomic E-state index is 0.117. The van der Waals surface area contributed by atoms with Crippen molar-refractivity contribution in [3.8, 4) is 0 Å². The summed E-state index contributed by atoms with van der Waals surface area (Å²) >= 11 is 0. The highest BCUT2D eigenvalue weighted by Crippen LogP contribution is 2.17. The van der Waals surface area contributed by atoms with E-state index in [0.717, 1.165) is 23.9 Å². The molecular formula is C16H20N2O. The van der Waals surface area contributed by atoms with E-state index >= 15 is 0 Å². The molecule has 0 unspecified atom stereocenters. The van der Waals surface area contributed by atoms with E-state index < -0.39 is 0 Å². The molecule has 1 aromatic heterocycles. The number of hydrogen-bond acceptors (Lipinski definition) is 2. The third kappa shape index (κ3) is 2.71. The van der Waals surface area contributed by atoms with E-state index in [2.05, 4.69) is 5.32 Å². The zero-order valence-corrected chi connectivity index (χ0v) is 11.1. The van der Waals surface area contributed by atoms with Crippen LogP contribution in [0.25, 0.3) is 10.8 Å². The summed E-state index contributed by atoms with van der Waals surface area (Å²) in [5, 5.41) is 5.38. The van der Waals surface area contributed by atoms with Gasteiger partial charge in [0.05, 0.1) is 0 Å². The molecule has 1 saturated carbocycles. The lowest BCUT2D eigenvalue weighted by Gasteiger charge is -2.13. The number of nitrogens with zero attached hydrogens (tertiary/aromatic N) is 1. The second kappa shape index (κ2) is 5.57. The Hall–Kier alpha value is -1.61. The van der Waals surface area contributed by atoms with Crippen LogP contribution in [0, 0.1) is 0 Å². The molecule has 1 N–H and O–H groups in total. The zero-order valence-electron chi connectivity index (χ0n) is 11.1. The Morgan fingerprint density at radius 1 is 1.16 bits per heavy atom. The van der Waals surface area contributed by atoms with Crippen molar-refractivity contribution in [1.29, 1.82) is 0 Å². The van der Waals surface area contributed by atoms with E-state index in [1.807, 2.05) is 41.1 Å². The van der Waals surface area contributed by atoms with Crippen molar-refractivity contribution in [3.05, 3.63) is 46.9 Å². The normalized spacial score (nSPS) is 16.2. The van der Waals surface area contributed by atoms with Gasteiger partial charge in [-0.3, -0.25) is 4.79 Å². The monoisotopic (exact) mass is 256 g/mol. The van der Waals surface area contributed by atoms with Crippen molar-refractivity contribution >= 4 is 10.8 Å². The van der Waals surface area contributed by atoms with E-state index in [1.165, 1.54) is 25.7 Å². The maximum Gasteiger partial charge on any atom is 0.258 e. The molecule has 1 aliphatic carbocycles. The minimum Gasteiger partial charge on any atom is -0.314 e. The molecule has 19 heavy (non-hydrogen) atoms. The Labute approximate surface area is 113 Å². The topological polar surface area (TPSA) is 34.0 Å². The molecule has 0 bridgehead atoms. The quantitative estimate of drug-likeness (QED) is 0.912. The van der Waals surface area contributed by atoms with E-state index in [1.54, 1.807) is 0 Å². The van der Waals surface area contributed by atoms with Gasteiger partial charge in [-0.05, 0) is 30.4 Å². The molecule has 0 radical (unpaired) electrons. The molecule has 3 nitrogen and oxygen atoms in total. The summed E-state index contributed by atoms with van der Waals surface area (Å²) in [4.78, 5) is 12.3. The molecule has 0 spiro atoms. The summed E-state index contributed by atoms with van der Waals surface area (Å²) in [5.41, 5.74) is 0.117. The Balaban J connectivity index is 1.70. The summed E-state index contributed by atoms with van der Waals surface area (Å²) in [6.45, 7) is 1.63. The number of rotatable bonds is 4. The molecule has 0 atom stereocenters. The van der Waals surface area contributed by atoms with Crippen LogP contribution in [0.5, 0.6) is 0 Å². The van der Waals surface area contributed by atoms with Crippen molar-refractivity contribution in [1.82, 2.24) is 9.88 Å². The molecular weight excluding hydrogens is 236 g/mol. The van der Waals surface area contributed by atoms with Crippen molar-refractivity contribution < 1.29 is 0 Å². The molecule has 3 heteroatoms. The summed E-state index contributed by atoms with van der Waals surface area (Å²) in [5.74, 6) is 0. The molecule has 1 aliphatic rings. The fourth-order valence-corrected chi connectivity index (χ4v) is 2.92. The number of hydrogen-bond donors (Lipinski definition) is 1. The predicted octanol–water partition coefficient (Wildman–Crippen LogP) is 2.53. The molecule has 0 saturated heterocycles. The lowest BCUT2D eigenvalue weighted by Crippen LogP contribution is -2.32. The first-order valence-corrected chi connectivity index (χ1v) is 7.16. The number of fused-ring (bicyclic) bond motifs is 1. The van der Waals surface area contributed by atoms with Crippen LogP contribution in [0.3, 0.4) is 0 Å². The second-order valence-corrected chi connectivity index (χ2v) is 5.34. The largest absolute Gasteiger partial charge is 0.314 e.